The van der Waals surface area contributed by atoms with Crippen LogP contribution in [0.5, 0.6) is 0 Å². The van der Waals surface area contributed by atoms with Gasteiger partial charge in [0.1, 0.15) is 0 Å². The molecule has 0 spiro atoms. The van der Waals surface area contributed by atoms with E-state index in [2.05, 4.69) is 41.2 Å². The molecule has 0 saturated carbocycles. The van der Waals surface area contributed by atoms with Crippen molar-refractivity contribution >= 4 is 21.8 Å². The molecule has 0 bridgehead atoms. The average molecular weight is 182 g/mol. The van der Waals surface area contributed by atoms with E-state index < -0.39 is 0 Å². The first-order chi connectivity index (χ1) is 6.86. The van der Waals surface area contributed by atoms with Crippen molar-refractivity contribution in [1.29, 1.82) is 0 Å². The summed E-state index contributed by atoms with van der Waals surface area (Å²) in [6.45, 7) is 2.13. The van der Waals surface area contributed by atoms with Gasteiger partial charge >= 0.3 is 0 Å². The van der Waals surface area contributed by atoms with Crippen molar-refractivity contribution in [3.05, 3.63) is 42.2 Å². The van der Waals surface area contributed by atoms with Gasteiger partial charge in [-0.05, 0) is 24.6 Å². The molecule has 1 aromatic carbocycles. The van der Waals surface area contributed by atoms with Crippen LogP contribution >= 0.6 is 0 Å². The fourth-order valence-corrected chi connectivity index (χ4v) is 1.99. The lowest BCUT2D eigenvalue weighted by Crippen LogP contribution is -1.73. The number of benzene rings is 1. The molecule has 0 aliphatic rings. The van der Waals surface area contributed by atoms with E-state index in [0.717, 1.165) is 5.52 Å². The molecule has 0 aliphatic carbocycles. The standard InChI is InChI=1S/C12H10N2/c1-8-3-2-4-10-12(8)9-5-6-13-7-11(9)14-10/h2-7,14H,1H3. The molecule has 3 aromatic rings. The van der Waals surface area contributed by atoms with Gasteiger partial charge in [0, 0.05) is 22.5 Å². The van der Waals surface area contributed by atoms with E-state index in [1.54, 1.807) is 0 Å². The number of fused-ring (bicyclic) bond motifs is 3. The normalized spacial score (nSPS) is 11.2. The third kappa shape index (κ3) is 0.880. The molecule has 0 aliphatic heterocycles. The monoisotopic (exact) mass is 182 g/mol. The number of nitrogens with zero attached hydrogens (tertiary/aromatic N) is 1. The van der Waals surface area contributed by atoms with Crippen molar-refractivity contribution in [1.82, 2.24) is 9.97 Å². The van der Waals surface area contributed by atoms with Crippen LogP contribution in [0, 0.1) is 6.92 Å². The predicted molar refractivity (Wildman–Crippen MR) is 58.3 cm³/mol. The summed E-state index contributed by atoms with van der Waals surface area (Å²) in [5, 5.41) is 2.57. The Morgan fingerprint density at radius 1 is 1.14 bits per heavy atom. The predicted octanol–water partition coefficient (Wildman–Crippen LogP) is 3.02. The molecule has 0 unspecified atom stereocenters. The number of aromatic nitrogens is 2. The SMILES string of the molecule is Cc1cccc2[nH]c3cnccc3c12. The van der Waals surface area contributed by atoms with Crippen molar-refractivity contribution in [2.24, 2.45) is 0 Å². The minimum absolute atomic E-state index is 1.11. The summed E-state index contributed by atoms with van der Waals surface area (Å²) in [5.41, 5.74) is 3.60. The van der Waals surface area contributed by atoms with E-state index in [-0.39, 0.29) is 0 Å². The van der Waals surface area contributed by atoms with Gasteiger partial charge in [-0.1, -0.05) is 12.1 Å². The number of rotatable bonds is 0. The third-order valence-electron chi connectivity index (χ3n) is 2.63. The Morgan fingerprint density at radius 2 is 2.07 bits per heavy atom. The number of pyridine rings is 1. The van der Waals surface area contributed by atoms with Gasteiger partial charge in [-0.3, -0.25) is 4.98 Å². The van der Waals surface area contributed by atoms with Crippen molar-refractivity contribution < 1.29 is 0 Å². The number of H-pyrrole nitrogens is 1. The van der Waals surface area contributed by atoms with Crippen molar-refractivity contribution in [2.45, 2.75) is 6.92 Å². The van der Waals surface area contributed by atoms with Crippen molar-refractivity contribution in [2.75, 3.05) is 0 Å². The maximum absolute atomic E-state index is 4.11. The minimum atomic E-state index is 1.11. The average Bonchev–Trinajstić information content (AvgIpc) is 2.57. The zero-order chi connectivity index (χ0) is 9.54. The Balaban J connectivity index is 2.65. The number of nitrogens with one attached hydrogen (secondary N) is 1. The van der Waals surface area contributed by atoms with Crippen LogP contribution in [0.4, 0.5) is 0 Å². The molecule has 3 rings (SSSR count). The molecule has 2 aromatic heterocycles. The van der Waals surface area contributed by atoms with Crippen LogP contribution in [0.1, 0.15) is 5.56 Å². The number of hydrogen-bond donors (Lipinski definition) is 1. The number of aryl methyl sites for hydroxylation is 1. The lowest BCUT2D eigenvalue weighted by molar-refractivity contribution is 1.35. The topological polar surface area (TPSA) is 28.7 Å². The van der Waals surface area contributed by atoms with Crippen molar-refractivity contribution in [3.8, 4) is 0 Å². The second-order valence-corrected chi connectivity index (χ2v) is 3.54. The van der Waals surface area contributed by atoms with Crippen LogP contribution in [-0.2, 0) is 0 Å². The smallest absolute Gasteiger partial charge is 0.0651 e. The van der Waals surface area contributed by atoms with E-state index in [0.29, 0.717) is 0 Å². The highest BCUT2D eigenvalue weighted by molar-refractivity contribution is 6.08. The summed E-state index contributed by atoms with van der Waals surface area (Å²) in [6, 6.07) is 8.36. The minimum Gasteiger partial charge on any atom is -0.353 e. The molecule has 14 heavy (non-hydrogen) atoms. The van der Waals surface area contributed by atoms with E-state index in [9.17, 15) is 0 Å². The second-order valence-electron chi connectivity index (χ2n) is 3.54. The molecule has 2 heterocycles. The summed E-state index contributed by atoms with van der Waals surface area (Å²) in [4.78, 5) is 7.46. The molecule has 0 fully saturated rings. The van der Waals surface area contributed by atoms with E-state index >= 15 is 0 Å². The maximum atomic E-state index is 4.11. The Kier molecular flexibility index (Phi) is 1.39. The van der Waals surface area contributed by atoms with Gasteiger partial charge in [-0.15, -0.1) is 0 Å². The lowest BCUT2D eigenvalue weighted by atomic mass is 10.1. The summed E-state index contributed by atoms with van der Waals surface area (Å²) in [5.74, 6) is 0. The molecule has 0 saturated heterocycles. The van der Waals surface area contributed by atoms with Crippen LogP contribution in [0.25, 0.3) is 21.8 Å². The highest BCUT2D eigenvalue weighted by Gasteiger charge is 2.04. The molecular weight excluding hydrogens is 172 g/mol. The summed E-state index contributed by atoms with van der Waals surface area (Å²) < 4.78 is 0. The molecule has 2 nitrogen and oxygen atoms in total. The molecule has 0 radical (unpaired) electrons. The summed E-state index contributed by atoms with van der Waals surface area (Å²) >= 11 is 0. The Morgan fingerprint density at radius 3 is 3.00 bits per heavy atom. The first kappa shape index (κ1) is 7.56. The van der Waals surface area contributed by atoms with Crippen LogP contribution in [0.15, 0.2) is 36.7 Å². The number of aromatic amines is 1. The first-order valence-corrected chi connectivity index (χ1v) is 4.67. The molecule has 2 heteroatoms. The fraction of sp³-hybridized carbons (Fsp3) is 0.0833. The zero-order valence-corrected chi connectivity index (χ0v) is 7.91. The third-order valence-corrected chi connectivity index (χ3v) is 2.63. The second kappa shape index (κ2) is 2.58. The first-order valence-electron chi connectivity index (χ1n) is 4.67. The van der Waals surface area contributed by atoms with Gasteiger partial charge < -0.3 is 4.98 Å². The van der Waals surface area contributed by atoms with E-state index in [1.165, 1.54) is 21.9 Å². The van der Waals surface area contributed by atoms with E-state index in [1.807, 2.05) is 12.4 Å². The van der Waals surface area contributed by atoms with Crippen LogP contribution in [0.2, 0.25) is 0 Å². The lowest BCUT2D eigenvalue weighted by Gasteiger charge is -1.94. The molecule has 0 atom stereocenters. The highest BCUT2D eigenvalue weighted by atomic mass is 14.7. The summed E-state index contributed by atoms with van der Waals surface area (Å²) in [6.07, 6.45) is 3.71. The van der Waals surface area contributed by atoms with Crippen molar-refractivity contribution in [3.63, 3.8) is 0 Å². The van der Waals surface area contributed by atoms with E-state index in [4.69, 9.17) is 0 Å². The fourth-order valence-electron chi connectivity index (χ4n) is 1.99. The van der Waals surface area contributed by atoms with Crippen LogP contribution in [-0.4, -0.2) is 9.97 Å². The molecule has 0 amide bonds. The van der Waals surface area contributed by atoms with Gasteiger partial charge in [-0.25, -0.2) is 0 Å². The Bertz CT molecular complexity index is 608. The van der Waals surface area contributed by atoms with Gasteiger partial charge in [0.2, 0.25) is 0 Å². The largest absolute Gasteiger partial charge is 0.353 e. The quantitative estimate of drug-likeness (QED) is 0.568. The van der Waals surface area contributed by atoms with Gasteiger partial charge in [0.25, 0.3) is 0 Å². The van der Waals surface area contributed by atoms with Crippen LogP contribution in [0.3, 0.4) is 0 Å². The van der Waals surface area contributed by atoms with Gasteiger partial charge in [0.05, 0.1) is 11.7 Å². The zero-order valence-electron chi connectivity index (χ0n) is 7.91. The molecule has 1 N–H and O–H groups in total. The van der Waals surface area contributed by atoms with Gasteiger partial charge in [-0.2, -0.15) is 0 Å². The molecular formula is C12H10N2. The number of hydrogen-bond acceptors (Lipinski definition) is 1. The van der Waals surface area contributed by atoms with Crippen LogP contribution < -0.4 is 0 Å². The molecule has 68 valence electrons. The maximum Gasteiger partial charge on any atom is 0.0651 e. The summed E-state index contributed by atoms with van der Waals surface area (Å²) in [7, 11) is 0. The Hall–Kier alpha value is -1.83. The Labute approximate surface area is 81.6 Å². The van der Waals surface area contributed by atoms with Gasteiger partial charge in [0.15, 0.2) is 0 Å². The highest BCUT2D eigenvalue weighted by Crippen LogP contribution is 2.26.